The maximum Gasteiger partial charge on any atom is 0.146 e. The fraction of sp³-hybridized carbons (Fsp3) is 0.600. The molecule has 2 atom stereocenters. The molecule has 2 aliphatic rings. The van der Waals surface area contributed by atoms with E-state index in [4.69, 9.17) is 4.74 Å². The van der Waals surface area contributed by atoms with Gasteiger partial charge in [0.15, 0.2) is 0 Å². The van der Waals surface area contributed by atoms with Crippen LogP contribution in [0.15, 0.2) is 12.1 Å². The van der Waals surface area contributed by atoms with Crippen molar-refractivity contribution in [3.8, 4) is 5.75 Å². The molecule has 1 aromatic carbocycles. The first-order valence-electron chi connectivity index (χ1n) is 7.05. The van der Waals surface area contributed by atoms with Gasteiger partial charge in [0, 0.05) is 21.4 Å². The van der Waals surface area contributed by atoms with Crippen LogP contribution in [0.25, 0.3) is 0 Å². The van der Waals surface area contributed by atoms with E-state index < -0.39 is 0 Å². The Labute approximate surface area is 161 Å². The Morgan fingerprint density at radius 2 is 1.75 bits per heavy atom. The van der Waals surface area contributed by atoms with Crippen LogP contribution in [0.2, 0.25) is 0 Å². The van der Waals surface area contributed by atoms with Gasteiger partial charge in [0.2, 0.25) is 0 Å². The summed E-state index contributed by atoms with van der Waals surface area (Å²) in [5, 5.41) is 3.50. The summed E-state index contributed by atoms with van der Waals surface area (Å²) in [5.41, 5.74) is 0.393. The SMILES string of the molecule is CNC1CC(Oc2c(I)cc(I)cc2I)C12CCCC2. The van der Waals surface area contributed by atoms with E-state index in [1.165, 1.54) is 36.4 Å². The van der Waals surface area contributed by atoms with E-state index in [0.717, 1.165) is 12.2 Å². The van der Waals surface area contributed by atoms with Gasteiger partial charge in [-0.15, -0.1) is 0 Å². The van der Waals surface area contributed by atoms with Crippen LogP contribution in [0.4, 0.5) is 0 Å². The minimum absolute atomic E-state index is 0.393. The number of nitrogens with one attached hydrogen (secondary N) is 1. The minimum atomic E-state index is 0.393. The smallest absolute Gasteiger partial charge is 0.146 e. The molecule has 0 aromatic heterocycles. The number of halogens is 3. The number of hydrogen-bond donors (Lipinski definition) is 1. The average Bonchev–Trinajstić information content (AvgIpc) is 2.88. The first kappa shape index (κ1) is 16.0. The van der Waals surface area contributed by atoms with Crippen LogP contribution in [-0.4, -0.2) is 19.2 Å². The van der Waals surface area contributed by atoms with Crippen LogP contribution in [0.3, 0.4) is 0 Å². The van der Waals surface area contributed by atoms with Crippen molar-refractivity contribution in [3.05, 3.63) is 22.8 Å². The summed E-state index contributed by atoms with van der Waals surface area (Å²) >= 11 is 7.17. The topological polar surface area (TPSA) is 21.3 Å². The highest BCUT2D eigenvalue weighted by atomic mass is 127. The third-order valence-electron chi connectivity index (χ3n) is 4.89. The van der Waals surface area contributed by atoms with Crippen molar-refractivity contribution in [2.75, 3.05) is 7.05 Å². The summed E-state index contributed by atoms with van der Waals surface area (Å²) in [4.78, 5) is 0. The highest BCUT2D eigenvalue weighted by Gasteiger charge is 2.57. The van der Waals surface area contributed by atoms with Gasteiger partial charge in [-0.2, -0.15) is 0 Å². The van der Waals surface area contributed by atoms with Gasteiger partial charge in [0.1, 0.15) is 11.9 Å². The van der Waals surface area contributed by atoms with Crippen molar-refractivity contribution in [2.24, 2.45) is 5.41 Å². The highest BCUT2D eigenvalue weighted by Crippen LogP contribution is 2.55. The molecular formula is C15H18I3NO. The normalized spacial score (nSPS) is 27.6. The second-order valence-electron chi connectivity index (χ2n) is 5.82. The van der Waals surface area contributed by atoms with Crippen molar-refractivity contribution in [2.45, 2.75) is 44.2 Å². The Morgan fingerprint density at radius 3 is 2.30 bits per heavy atom. The van der Waals surface area contributed by atoms with E-state index in [1.807, 2.05) is 0 Å². The van der Waals surface area contributed by atoms with Crippen molar-refractivity contribution < 1.29 is 4.74 Å². The lowest BCUT2D eigenvalue weighted by Crippen LogP contribution is -2.63. The van der Waals surface area contributed by atoms with Gasteiger partial charge in [-0.3, -0.25) is 0 Å². The van der Waals surface area contributed by atoms with Gasteiger partial charge in [-0.1, -0.05) is 12.8 Å². The van der Waals surface area contributed by atoms with E-state index in [2.05, 4.69) is 92.3 Å². The molecule has 0 saturated heterocycles. The second-order valence-corrected chi connectivity index (χ2v) is 9.39. The molecule has 20 heavy (non-hydrogen) atoms. The molecule has 0 bridgehead atoms. The number of benzene rings is 1. The number of ether oxygens (including phenoxy) is 1. The molecule has 2 aliphatic carbocycles. The fourth-order valence-corrected chi connectivity index (χ4v) is 7.64. The Balaban J connectivity index is 1.82. The zero-order valence-electron chi connectivity index (χ0n) is 11.4. The molecule has 1 aromatic rings. The molecule has 2 unspecified atom stereocenters. The van der Waals surface area contributed by atoms with Crippen LogP contribution >= 0.6 is 67.8 Å². The van der Waals surface area contributed by atoms with Crippen molar-refractivity contribution in [1.29, 1.82) is 0 Å². The molecule has 5 heteroatoms. The van der Waals surface area contributed by atoms with E-state index in [-0.39, 0.29) is 0 Å². The second kappa shape index (κ2) is 6.35. The Bertz CT molecular complexity index is 491. The summed E-state index contributed by atoms with van der Waals surface area (Å²) in [7, 11) is 2.10. The first-order chi connectivity index (χ1) is 9.56. The third-order valence-corrected chi connectivity index (χ3v) is 7.12. The lowest BCUT2D eigenvalue weighted by Gasteiger charge is -2.53. The van der Waals surface area contributed by atoms with Crippen LogP contribution in [0, 0.1) is 16.1 Å². The monoisotopic (exact) mass is 609 g/mol. The molecule has 0 aliphatic heterocycles. The molecule has 0 heterocycles. The Hall–Kier alpha value is 1.17. The van der Waals surface area contributed by atoms with E-state index in [0.29, 0.717) is 17.6 Å². The van der Waals surface area contributed by atoms with Gasteiger partial charge in [0.05, 0.1) is 7.14 Å². The zero-order chi connectivity index (χ0) is 14.3. The quantitative estimate of drug-likeness (QED) is 0.498. The lowest BCUT2D eigenvalue weighted by molar-refractivity contribution is -0.0744. The van der Waals surface area contributed by atoms with Gasteiger partial charge < -0.3 is 10.1 Å². The van der Waals surface area contributed by atoms with E-state index in [1.54, 1.807) is 0 Å². The molecule has 2 nitrogen and oxygen atoms in total. The van der Waals surface area contributed by atoms with Crippen LogP contribution < -0.4 is 10.1 Å². The molecular weight excluding hydrogens is 591 g/mol. The average molecular weight is 609 g/mol. The maximum absolute atomic E-state index is 6.48. The summed E-state index contributed by atoms with van der Waals surface area (Å²) in [6, 6.07) is 5.05. The molecule has 1 spiro atoms. The molecule has 2 fully saturated rings. The highest BCUT2D eigenvalue weighted by molar-refractivity contribution is 14.1. The molecule has 0 amide bonds. The molecule has 2 saturated carbocycles. The summed E-state index contributed by atoms with van der Waals surface area (Å²) in [5.74, 6) is 1.09. The predicted octanol–water partition coefficient (Wildman–Crippen LogP) is 4.80. The standard InChI is InChI=1S/C15H18I3NO/c1-19-12-8-13(15(12)4-2-3-5-15)20-14-10(17)6-9(16)7-11(14)18/h6-7,12-13,19H,2-5,8H2,1H3. The largest absolute Gasteiger partial charge is 0.488 e. The zero-order valence-corrected chi connectivity index (χ0v) is 17.9. The van der Waals surface area contributed by atoms with Gasteiger partial charge in [0.25, 0.3) is 0 Å². The van der Waals surface area contributed by atoms with Crippen LogP contribution in [-0.2, 0) is 0 Å². The van der Waals surface area contributed by atoms with Gasteiger partial charge in [-0.25, -0.2) is 0 Å². The predicted molar refractivity (Wildman–Crippen MR) is 107 cm³/mol. The first-order valence-corrected chi connectivity index (χ1v) is 10.3. The van der Waals surface area contributed by atoms with Gasteiger partial charge >= 0.3 is 0 Å². The van der Waals surface area contributed by atoms with Crippen LogP contribution in [0.5, 0.6) is 5.75 Å². The third kappa shape index (κ3) is 2.73. The summed E-state index contributed by atoms with van der Waals surface area (Å²) < 4.78 is 10.2. The van der Waals surface area contributed by atoms with Crippen LogP contribution in [0.1, 0.15) is 32.1 Å². The number of hydrogen-bond acceptors (Lipinski definition) is 2. The van der Waals surface area contributed by atoms with Crippen molar-refractivity contribution >= 4 is 67.8 Å². The molecule has 0 radical (unpaired) electrons. The number of rotatable bonds is 3. The van der Waals surface area contributed by atoms with E-state index >= 15 is 0 Å². The fourth-order valence-electron chi connectivity index (χ4n) is 3.81. The lowest BCUT2D eigenvalue weighted by atomic mass is 9.60. The Morgan fingerprint density at radius 1 is 1.15 bits per heavy atom. The molecule has 3 rings (SSSR count). The van der Waals surface area contributed by atoms with Crippen molar-refractivity contribution in [3.63, 3.8) is 0 Å². The summed E-state index contributed by atoms with van der Waals surface area (Å²) in [6.07, 6.45) is 6.90. The Kier molecular flexibility index (Phi) is 5.09. The van der Waals surface area contributed by atoms with Gasteiger partial charge in [-0.05, 0) is 99.8 Å². The molecule has 1 N–H and O–H groups in total. The summed E-state index contributed by atoms with van der Waals surface area (Å²) in [6.45, 7) is 0. The van der Waals surface area contributed by atoms with E-state index in [9.17, 15) is 0 Å². The van der Waals surface area contributed by atoms with Crippen molar-refractivity contribution in [1.82, 2.24) is 5.32 Å². The molecule has 110 valence electrons. The minimum Gasteiger partial charge on any atom is -0.488 e. The maximum atomic E-state index is 6.48.